The second-order valence-electron chi connectivity index (χ2n) is 3.99. The van der Waals surface area contributed by atoms with E-state index in [1.807, 2.05) is 20.0 Å². The van der Waals surface area contributed by atoms with E-state index in [1.165, 1.54) is 5.56 Å². The fraction of sp³-hybridized carbons (Fsp3) is 0.385. The number of benzene rings is 1. The van der Waals surface area contributed by atoms with Gasteiger partial charge in [0.25, 0.3) is 0 Å². The van der Waals surface area contributed by atoms with E-state index < -0.39 is 0 Å². The van der Waals surface area contributed by atoms with Crippen LogP contribution < -0.4 is 5.32 Å². The number of hydrogen-bond donors (Lipinski definition) is 1. The molecule has 1 N–H and O–H groups in total. The zero-order valence-electron chi connectivity index (χ0n) is 9.59. The molecule has 0 aromatic heterocycles. The van der Waals surface area contributed by atoms with E-state index in [-0.39, 0.29) is 6.04 Å². The summed E-state index contributed by atoms with van der Waals surface area (Å²) in [7, 11) is 1.92. The van der Waals surface area contributed by atoms with Crippen LogP contribution in [0.4, 0.5) is 0 Å². The Bertz CT molecular complexity index is 414. The summed E-state index contributed by atoms with van der Waals surface area (Å²) in [6, 6.07) is 6.18. The monoisotopic (exact) mass is 237 g/mol. The van der Waals surface area contributed by atoms with Crippen molar-refractivity contribution >= 4 is 11.6 Å². The van der Waals surface area contributed by atoms with E-state index in [0.29, 0.717) is 0 Å². The van der Waals surface area contributed by atoms with Crippen molar-refractivity contribution in [2.24, 2.45) is 0 Å². The van der Waals surface area contributed by atoms with E-state index in [4.69, 9.17) is 16.3 Å². The molecule has 0 saturated heterocycles. The van der Waals surface area contributed by atoms with E-state index in [2.05, 4.69) is 23.5 Å². The molecule has 0 radical (unpaired) electrons. The number of likely N-dealkylation sites (N-methyl/N-ethyl adjacent to an activating group) is 1. The summed E-state index contributed by atoms with van der Waals surface area (Å²) < 4.78 is 5.59. The minimum absolute atomic E-state index is 0.0654. The van der Waals surface area contributed by atoms with Gasteiger partial charge in [0.1, 0.15) is 5.76 Å². The first-order chi connectivity index (χ1) is 7.72. The molecule has 1 heterocycles. The Morgan fingerprint density at radius 2 is 2.25 bits per heavy atom. The third-order valence-electron chi connectivity index (χ3n) is 2.77. The van der Waals surface area contributed by atoms with Crippen LogP contribution in [0.3, 0.4) is 0 Å². The predicted octanol–water partition coefficient (Wildman–Crippen LogP) is 3.21. The first-order valence-electron chi connectivity index (χ1n) is 5.48. The van der Waals surface area contributed by atoms with Gasteiger partial charge >= 0.3 is 0 Å². The Balaban J connectivity index is 2.32. The van der Waals surface area contributed by atoms with Crippen LogP contribution in [-0.4, -0.2) is 13.7 Å². The second-order valence-corrected chi connectivity index (χ2v) is 4.40. The van der Waals surface area contributed by atoms with Gasteiger partial charge in [-0.3, -0.25) is 0 Å². The zero-order valence-corrected chi connectivity index (χ0v) is 10.3. The van der Waals surface area contributed by atoms with Gasteiger partial charge in [0, 0.05) is 11.4 Å². The quantitative estimate of drug-likeness (QED) is 0.872. The molecule has 0 saturated carbocycles. The maximum atomic E-state index is 6.26. The second kappa shape index (κ2) is 4.89. The first-order valence-corrected chi connectivity index (χ1v) is 5.86. The third-order valence-corrected chi connectivity index (χ3v) is 3.10. The Kier molecular flexibility index (Phi) is 3.52. The van der Waals surface area contributed by atoms with E-state index >= 15 is 0 Å². The van der Waals surface area contributed by atoms with Gasteiger partial charge in [-0.1, -0.05) is 23.7 Å². The Labute approximate surface area is 101 Å². The van der Waals surface area contributed by atoms with Crippen LogP contribution in [0.2, 0.25) is 5.02 Å². The number of rotatable bonds is 3. The number of ether oxygens (including phenoxy) is 1. The molecule has 1 aromatic carbocycles. The van der Waals surface area contributed by atoms with E-state index in [9.17, 15) is 0 Å². The lowest BCUT2D eigenvalue weighted by molar-refractivity contribution is 0.218. The molecule has 2 rings (SSSR count). The van der Waals surface area contributed by atoms with Crippen LogP contribution in [0.5, 0.6) is 0 Å². The van der Waals surface area contributed by atoms with Gasteiger partial charge in [0.05, 0.1) is 12.6 Å². The third kappa shape index (κ3) is 2.23. The topological polar surface area (TPSA) is 21.3 Å². The highest BCUT2D eigenvalue weighted by Crippen LogP contribution is 2.31. The fourth-order valence-corrected chi connectivity index (χ4v) is 2.30. The van der Waals surface area contributed by atoms with Crippen LogP contribution in [0.25, 0.3) is 0 Å². The fourth-order valence-electron chi connectivity index (χ4n) is 1.96. The SMILES string of the molecule is CNC(C1=CCCO1)c1ccc(C)cc1Cl. The van der Waals surface area contributed by atoms with Crippen molar-refractivity contribution in [1.82, 2.24) is 5.32 Å². The molecule has 2 nitrogen and oxygen atoms in total. The molecule has 0 fully saturated rings. The maximum Gasteiger partial charge on any atom is 0.114 e. The molecule has 1 aliphatic heterocycles. The van der Waals surface area contributed by atoms with Gasteiger partial charge in [0.15, 0.2) is 0 Å². The summed E-state index contributed by atoms with van der Waals surface area (Å²) in [4.78, 5) is 0. The Hall–Kier alpha value is -0.990. The summed E-state index contributed by atoms with van der Waals surface area (Å²) in [5.41, 5.74) is 2.24. The van der Waals surface area contributed by atoms with Gasteiger partial charge in [0.2, 0.25) is 0 Å². The number of aryl methyl sites for hydroxylation is 1. The lowest BCUT2D eigenvalue weighted by atomic mass is 10.0. The summed E-state index contributed by atoms with van der Waals surface area (Å²) in [6.45, 7) is 2.81. The molecule has 1 aromatic rings. The van der Waals surface area contributed by atoms with Crippen LogP contribution >= 0.6 is 11.6 Å². The molecule has 86 valence electrons. The van der Waals surface area contributed by atoms with Gasteiger partial charge < -0.3 is 10.1 Å². The molecule has 0 aliphatic carbocycles. The highest BCUT2D eigenvalue weighted by molar-refractivity contribution is 6.31. The van der Waals surface area contributed by atoms with Crippen molar-refractivity contribution in [3.8, 4) is 0 Å². The Morgan fingerprint density at radius 1 is 1.44 bits per heavy atom. The van der Waals surface area contributed by atoms with Gasteiger partial charge in [-0.25, -0.2) is 0 Å². The normalized spacial score (nSPS) is 16.8. The van der Waals surface area contributed by atoms with Crippen molar-refractivity contribution < 1.29 is 4.74 Å². The van der Waals surface area contributed by atoms with Crippen molar-refractivity contribution in [2.45, 2.75) is 19.4 Å². The summed E-state index contributed by atoms with van der Waals surface area (Å²) >= 11 is 6.26. The minimum Gasteiger partial charge on any atom is -0.496 e. The van der Waals surface area contributed by atoms with Crippen molar-refractivity contribution in [1.29, 1.82) is 0 Å². The number of nitrogens with one attached hydrogen (secondary N) is 1. The molecule has 0 bridgehead atoms. The smallest absolute Gasteiger partial charge is 0.114 e. The van der Waals surface area contributed by atoms with E-state index in [1.54, 1.807) is 0 Å². The predicted molar refractivity (Wildman–Crippen MR) is 66.6 cm³/mol. The molecule has 3 heteroatoms. The first kappa shape index (κ1) is 11.5. The molecule has 1 unspecified atom stereocenters. The van der Waals surface area contributed by atoms with Crippen LogP contribution in [0.1, 0.15) is 23.6 Å². The lowest BCUT2D eigenvalue weighted by Gasteiger charge is -2.19. The molecule has 1 atom stereocenters. The average Bonchev–Trinajstić information content (AvgIpc) is 2.75. The molecule has 0 amide bonds. The van der Waals surface area contributed by atoms with Crippen molar-refractivity contribution in [2.75, 3.05) is 13.7 Å². The van der Waals surface area contributed by atoms with Crippen LogP contribution in [-0.2, 0) is 4.74 Å². The summed E-state index contributed by atoms with van der Waals surface area (Å²) in [6.07, 6.45) is 3.11. The summed E-state index contributed by atoms with van der Waals surface area (Å²) in [5.74, 6) is 0.980. The molecule has 0 spiro atoms. The highest BCUT2D eigenvalue weighted by atomic mass is 35.5. The molecule has 1 aliphatic rings. The average molecular weight is 238 g/mol. The van der Waals surface area contributed by atoms with Crippen molar-refractivity contribution in [3.63, 3.8) is 0 Å². The maximum absolute atomic E-state index is 6.26. The highest BCUT2D eigenvalue weighted by Gasteiger charge is 2.21. The molecule has 16 heavy (non-hydrogen) atoms. The van der Waals surface area contributed by atoms with E-state index in [0.717, 1.165) is 29.4 Å². The minimum atomic E-state index is 0.0654. The van der Waals surface area contributed by atoms with Crippen molar-refractivity contribution in [3.05, 3.63) is 46.2 Å². The molecular formula is C13H16ClNO. The van der Waals surface area contributed by atoms with Crippen LogP contribution in [0.15, 0.2) is 30.0 Å². The van der Waals surface area contributed by atoms with Gasteiger partial charge in [-0.05, 0) is 37.2 Å². The molecular weight excluding hydrogens is 222 g/mol. The van der Waals surface area contributed by atoms with Gasteiger partial charge in [-0.2, -0.15) is 0 Å². The van der Waals surface area contributed by atoms with Crippen LogP contribution in [0, 0.1) is 6.92 Å². The number of hydrogen-bond acceptors (Lipinski definition) is 2. The summed E-state index contributed by atoms with van der Waals surface area (Å²) in [5, 5.41) is 4.03. The standard InChI is InChI=1S/C13H16ClNO/c1-9-5-6-10(11(14)8-9)13(15-2)12-4-3-7-16-12/h4-6,8,13,15H,3,7H2,1-2H3. The largest absolute Gasteiger partial charge is 0.496 e. The Morgan fingerprint density at radius 3 is 2.81 bits per heavy atom. The zero-order chi connectivity index (χ0) is 11.5. The lowest BCUT2D eigenvalue weighted by Crippen LogP contribution is -2.19. The van der Waals surface area contributed by atoms with Gasteiger partial charge in [-0.15, -0.1) is 0 Å². The number of halogens is 1.